The number of para-hydroxylation sites is 1. The van der Waals surface area contributed by atoms with Crippen LogP contribution < -0.4 is 4.74 Å². The van der Waals surface area contributed by atoms with Gasteiger partial charge in [0, 0.05) is 20.1 Å². The van der Waals surface area contributed by atoms with Gasteiger partial charge in [0.1, 0.15) is 11.9 Å². The van der Waals surface area contributed by atoms with Crippen molar-refractivity contribution in [3.8, 4) is 5.75 Å². The van der Waals surface area contributed by atoms with E-state index in [2.05, 4.69) is 0 Å². The number of amides is 1. The smallest absolute Gasteiger partial charge is 0.257 e. The van der Waals surface area contributed by atoms with Gasteiger partial charge in [-0.15, -0.1) is 0 Å². The fourth-order valence-corrected chi connectivity index (χ4v) is 6.96. The van der Waals surface area contributed by atoms with E-state index in [1.54, 1.807) is 46.6 Å². The van der Waals surface area contributed by atoms with Gasteiger partial charge in [0.05, 0.1) is 27.4 Å². The molecule has 0 radical (unpaired) electrons. The molecule has 1 aliphatic heterocycles. The van der Waals surface area contributed by atoms with Crippen molar-refractivity contribution in [2.75, 3.05) is 20.1 Å². The Hall–Kier alpha value is -1.80. The highest BCUT2D eigenvalue weighted by Gasteiger charge is 2.38. The minimum atomic E-state index is -3.66. The number of carbonyl (C=O) groups is 1. The van der Waals surface area contributed by atoms with Crippen LogP contribution in [0, 0.1) is 0 Å². The Labute approximate surface area is 211 Å². The minimum Gasteiger partial charge on any atom is -0.488 e. The number of hydrogen-bond acceptors (Lipinski definition) is 4. The Morgan fingerprint density at radius 1 is 0.971 bits per heavy atom. The van der Waals surface area contributed by atoms with Crippen LogP contribution in [0.25, 0.3) is 0 Å². The van der Waals surface area contributed by atoms with E-state index in [0.29, 0.717) is 52.9 Å². The van der Waals surface area contributed by atoms with Crippen molar-refractivity contribution >= 4 is 39.1 Å². The Kier molecular flexibility index (Phi) is 8.08. The van der Waals surface area contributed by atoms with Crippen molar-refractivity contribution in [3.05, 3.63) is 63.6 Å². The summed E-state index contributed by atoms with van der Waals surface area (Å²) in [6.45, 7) is 0.930. The molecule has 1 fully saturated rings. The van der Waals surface area contributed by atoms with Crippen LogP contribution in [-0.4, -0.2) is 55.8 Å². The number of sulfonamides is 1. The summed E-state index contributed by atoms with van der Waals surface area (Å²) in [5.74, 6) is 0.286. The number of rotatable bonds is 3. The Balaban J connectivity index is 1.68. The first-order valence-corrected chi connectivity index (χ1v) is 14.1. The van der Waals surface area contributed by atoms with E-state index in [0.717, 1.165) is 25.7 Å². The lowest BCUT2D eigenvalue weighted by Gasteiger charge is -2.39. The second-order valence-electron chi connectivity index (χ2n) is 9.05. The first kappa shape index (κ1) is 25.3. The molecular formula is C25H30Cl2N2O4S. The third-order valence-electron chi connectivity index (χ3n) is 6.59. The van der Waals surface area contributed by atoms with Gasteiger partial charge in [-0.3, -0.25) is 4.79 Å². The monoisotopic (exact) mass is 524 g/mol. The van der Waals surface area contributed by atoms with Crippen LogP contribution >= 0.6 is 23.2 Å². The molecule has 6 nitrogen and oxygen atoms in total. The van der Waals surface area contributed by atoms with Crippen LogP contribution in [0.3, 0.4) is 0 Å². The standard InChI is InChI=1S/C25H30Cl2N2O4S/c1-28-14-6-7-15-29(34(31,32)17-18-12-13-20(26)21(27)16-18)22-9-3-5-11-24(22)33-23-10-4-2-8-19(23)25(28)30/h2,4,8,10,12-13,16,22,24H,3,5-7,9,11,14-15,17H2,1H3/t22-,24+/m1/s1. The Bertz CT molecular complexity index is 1140. The highest BCUT2D eigenvalue weighted by atomic mass is 35.5. The van der Waals surface area contributed by atoms with Crippen molar-refractivity contribution in [1.82, 2.24) is 9.21 Å². The normalized spacial score (nSPS) is 22.7. The van der Waals surface area contributed by atoms with Gasteiger partial charge in [-0.1, -0.05) is 47.8 Å². The van der Waals surface area contributed by atoms with E-state index in [1.807, 2.05) is 12.1 Å². The third kappa shape index (κ3) is 5.70. The van der Waals surface area contributed by atoms with Gasteiger partial charge in [-0.2, -0.15) is 4.31 Å². The predicted molar refractivity (Wildman–Crippen MR) is 135 cm³/mol. The van der Waals surface area contributed by atoms with Crippen LogP contribution in [0.15, 0.2) is 42.5 Å². The fraction of sp³-hybridized carbons (Fsp3) is 0.480. The molecular weight excluding hydrogens is 495 g/mol. The molecule has 2 atom stereocenters. The summed E-state index contributed by atoms with van der Waals surface area (Å²) in [7, 11) is -1.88. The molecule has 184 valence electrons. The van der Waals surface area contributed by atoms with E-state index < -0.39 is 10.0 Å². The van der Waals surface area contributed by atoms with E-state index in [-0.39, 0.29) is 23.8 Å². The summed E-state index contributed by atoms with van der Waals surface area (Å²) in [6, 6.07) is 11.9. The van der Waals surface area contributed by atoms with Gasteiger partial charge < -0.3 is 9.64 Å². The van der Waals surface area contributed by atoms with Gasteiger partial charge in [-0.25, -0.2) is 8.42 Å². The van der Waals surface area contributed by atoms with Crippen LogP contribution in [0.5, 0.6) is 5.75 Å². The summed E-state index contributed by atoms with van der Waals surface area (Å²) in [6.07, 6.45) is 4.40. The predicted octanol–water partition coefficient (Wildman–Crippen LogP) is 5.38. The highest BCUT2D eigenvalue weighted by molar-refractivity contribution is 7.88. The van der Waals surface area contributed by atoms with E-state index in [1.165, 1.54) is 0 Å². The zero-order valence-electron chi connectivity index (χ0n) is 19.3. The molecule has 4 rings (SSSR count). The zero-order chi connectivity index (χ0) is 24.3. The zero-order valence-corrected chi connectivity index (χ0v) is 21.6. The maximum absolute atomic E-state index is 13.7. The average molecular weight is 525 g/mol. The second-order valence-corrected chi connectivity index (χ2v) is 11.8. The molecule has 2 aromatic carbocycles. The molecule has 2 aliphatic rings. The molecule has 0 unspecified atom stereocenters. The largest absolute Gasteiger partial charge is 0.488 e. The molecule has 9 heteroatoms. The first-order chi connectivity index (χ1) is 16.3. The van der Waals surface area contributed by atoms with Crippen LogP contribution in [0.4, 0.5) is 0 Å². The molecule has 0 N–H and O–H groups in total. The molecule has 0 spiro atoms. The lowest BCUT2D eigenvalue weighted by molar-refractivity contribution is 0.0657. The van der Waals surface area contributed by atoms with Crippen LogP contribution in [0.2, 0.25) is 10.0 Å². The Morgan fingerprint density at radius 3 is 2.50 bits per heavy atom. The molecule has 34 heavy (non-hydrogen) atoms. The molecule has 1 heterocycles. The number of ether oxygens (including phenoxy) is 1. The van der Waals surface area contributed by atoms with Gasteiger partial charge in [0.15, 0.2) is 0 Å². The summed E-state index contributed by atoms with van der Waals surface area (Å²) in [4.78, 5) is 14.7. The van der Waals surface area contributed by atoms with Crippen molar-refractivity contribution in [2.45, 2.75) is 56.4 Å². The lowest BCUT2D eigenvalue weighted by atomic mass is 9.92. The number of benzene rings is 2. The topological polar surface area (TPSA) is 66.9 Å². The summed E-state index contributed by atoms with van der Waals surface area (Å²) in [5.41, 5.74) is 1.12. The average Bonchev–Trinajstić information content (AvgIpc) is 2.81. The lowest BCUT2D eigenvalue weighted by Crippen LogP contribution is -2.51. The first-order valence-electron chi connectivity index (χ1n) is 11.7. The highest BCUT2D eigenvalue weighted by Crippen LogP contribution is 2.33. The summed E-state index contributed by atoms with van der Waals surface area (Å²) < 4.78 is 35.5. The molecule has 1 saturated carbocycles. The van der Waals surface area contributed by atoms with E-state index in [4.69, 9.17) is 27.9 Å². The maximum Gasteiger partial charge on any atom is 0.257 e. The van der Waals surface area contributed by atoms with Crippen molar-refractivity contribution in [1.29, 1.82) is 0 Å². The van der Waals surface area contributed by atoms with E-state index >= 15 is 0 Å². The summed E-state index contributed by atoms with van der Waals surface area (Å²) >= 11 is 12.2. The number of hydrogen-bond donors (Lipinski definition) is 0. The van der Waals surface area contributed by atoms with Crippen molar-refractivity contribution < 1.29 is 17.9 Å². The molecule has 1 aliphatic carbocycles. The van der Waals surface area contributed by atoms with Gasteiger partial charge in [0.25, 0.3) is 5.91 Å². The quantitative estimate of drug-likeness (QED) is 0.540. The molecule has 0 bridgehead atoms. The minimum absolute atomic E-state index is 0.0763. The van der Waals surface area contributed by atoms with Gasteiger partial charge in [0.2, 0.25) is 10.0 Å². The number of carbonyl (C=O) groups excluding carboxylic acids is 1. The van der Waals surface area contributed by atoms with E-state index in [9.17, 15) is 13.2 Å². The van der Waals surface area contributed by atoms with Crippen molar-refractivity contribution in [2.24, 2.45) is 0 Å². The third-order valence-corrected chi connectivity index (χ3v) is 9.20. The van der Waals surface area contributed by atoms with Gasteiger partial charge >= 0.3 is 0 Å². The number of fused-ring (bicyclic) bond motifs is 2. The van der Waals surface area contributed by atoms with Gasteiger partial charge in [-0.05, 0) is 61.9 Å². The maximum atomic E-state index is 13.7. The number of nitrogens with zero attached hydrogens (tertiary/aromatic N) is 2. The molecule has 0 saturated heterocycles. The van der Waals surface area contributed by atoms with Crippen molar-refractivity contribution in [3.63, 3.8) is 0 Å². The molecule has 1 amide bonds. The second kappa shape index (κ2) is 10.9. The SMILES string of the molecule is CN1CCCCN(S(=O)(=O)Cc2ccc(Cl)c(Cl)c2)[C@@H]2CCCC[C@@H]2Oc2ccccc2C1=O. The van der Waals surface area contributed by atoms with Crippen LogP contribution in [0.1, 0.15) is 54.4 Å². The number of halogens is 2. The van der Waals surface area contributed by atoms with Crippen LogP contribution in [-0.2, 0) is 15.8 Å². The Morgan fingerprint density at radius 2 is 1.71 bits per heavy atom. The fourth-order valence-electron chi connectivity index (χ4n) is 4.81. The summed E-state index contributed by atoms with van der Waals surface area (Å²) in [5, 5.41) is 0.735. The molecule has 2 aromatic rings. The molecule has 0 aromatic heterocycles.